The largest absolute Gasteiger partial charge is 0.396 e. The van der Waals surface area contributed by atoms with Crippen molar-refractivity contribution in [3.8, 4) is 0 Å². The van der Waals surface area contributed by atoms with Crippen LogP contribution in [0.25, 0.3) is 0 Å². The fourth-order valence-electron chi connectivity index (χ4n) is 2.34. The summed E-state index contributed by atoms with van der Waals surface area (Å²) in [4.78, 5) is 25.7. The Labute approximate surface area is 114 Å². The maximum atomic E-state index is 11.9. The smallest absolute Gasteiger partial charge is 0.329 e. The van der Waals surface area contributed by atoms with Crippen LogP contribution in [0.4, 0.5) is 0 Å². The summed E-state index contributed by atoms with van der Waals surface area (Å²) in [7, 11) is 0. The van der Waals surface area contributed by atoms with E-state index in [-0.39, 0.29) is 35.3 Å². The number of nitrogens with zero attached hydrogens (tertiary/aromatic N) is 1. The van der Waals surface area contributed by atoms with Gasteiger partial charge in [-0.3, -0.25) is 14.3 Å². The molecule has 0 spiro atoms. The molecule has 3 N–H and O–H groups in total. The van der Waals surface area contributed by atoms with E-state index in [2.05, 4.69) is 4.98 Å². The van der Waals surface area contributed by atoms with Crippen molar-refractivity contribution in [2.24, 2.45) is 5.92 Å². The number of aromatic nitrogens is 2. The minimum absolute atomic E-state index is 0.00648. The molecule has 1 fully saturated rings. The number of aryl methyl sites for hydroxylation is 1. The Kier molecular flexibility index (Phi) is 4.49. The van der Waals surface area contributed by atoms with Gasteiger partial charge in [0.05, 0.1) is 12.0 Å². The first-order chi connectivity index (χ1) is 9.10. The van der Waals surface area contributed by atoms with Crippen molar-refractivity contribution in [1.82, 2.24) is 9.55 Å². The van der Waals surface area contributed by atoms with E-state index in [4.69, 9.17) is 0 Å². The van der Waals surface area contributed by atoms with E-state index >= 15 is 0 Å². The molecule has 1 saturated heterocycles. The third-order valence-electron chi connectivity index (χ3n) is 3.51. The van der Waals surface area contributed by atoms with Gasteiger partial charge in [0, 0.05) is 23.6 Å². The molecule has 1 aromatic heterocycles. The lowest BCUT2D eigenvalue weighted by Gasteiger charge is -2.13. The molecule has 6 nitrogen and oxygen atoms in total. The molecule has 0 aromatic carbocycles. The summed E-state index contributed by atoms with van der Waals surface area (Å²) in [5.74, 6) is -0.0242. The first-order valence-corrected chi connectivity index (χ1v) is 7.26. The number of rotatable bonds is 4. The number of H-pyrrole nitrogens is 1. The average Bonchev–Trinajstić information content (AvgIpc) is 2.82. The molecular formula is C12H18N2O4S. The number of aliphatic hydroxyl groups excluding tert-OH is 2. The number of aliphatic hydroxyl groups is 2. The van der Waals surface area contributed by atoms with Gasteiger partial charge in [0.15, 0.2) is 0 Å². The highest BCUT2D eigenvalue weighted by Gasteiger charge is 2.35. The van der Waals surface area contributed by atoms with E-state index in [1.54, 1.807) is 6.20 Å². The monoisotopic (exact) mass is 286 g/mol. The summed E-state index contributed by atoms with van der Waals surface area (Å²) in [6.45, 7) is 1.83. The second-order valence-electron chi connectivity index (χ2n) is 4.66. The first-order valence-electron chi connectivity index (χ1n) is 6.32. The van der Waals surface area contributed by atoms with Crippen LogP contribution in [0.3, 0.4) is 0 Å². The van der Waals surface area contributed by atoms with Crippen LogP contribution in [0.1, 0.15) is 24.3 Å². The van der Waals surface area contributed by atoms with E-state index in [0.29, 0.717) is 18.4 Å². The molecular weight excluding hydrogens is 268 g/mol. The highest BCUT2D eigenvalue weighted by molar-refractivity contribution is 8.00. The van der Waals surface area contributed by atoms with Gasteiger partial charge in [-0.25, -0.2) is 4.79 Å². The fraction of sp³-hybridized carbons (Fsp3) is 0.667. The quantitative estimate of drug-likeness (QED) is 0.706. The third kappa shape index (κ3) is 2.77. The lowest BCUT2D eigenvalue weighted by atomic mass is 10.0. The van der Waals surface area contributed by atoms with Crippen molar-refractivity contribution in [3.05, 3.63) is 32.6 Å². The molecule has 0 radical (unpaired) electrons. The summed E-state index contributed by atoms with van der Waals surface area (Å²) < 4.78 is 1.50. The van der Waals surface area contributed by atoms with Gasteiger partial charge in [-0.1, -0.05) is 6.92 Å². The molecule has 1 aliphatic heterocycles. The Morgan fingerprint density at radius 3 is 2.68 bits per heavy atom. The predicted molar refractivity (Wildman–Crippen MR) is 73.4 cm³/mol. The molecule has 0 amide bonds. The normalized spacial score (nSPS) is 26.8. The van der Waals surface area contributed by atoms with Gasteiger partial charge in [-0.05, 0) is 18.8 Å². The van der Waals surface area contributed by atoms with Crippen molar-refractivity contribution in [3.63, 3.8) is 0 Å². The molecule has 3 atom stereocenters. The molecule has 2 heterocycles. The van der Waals surface area contributed by atoms with Crippen LogP contribution in [0.15, 0.2) is 15.8 Å². The van der Waals surface area contributed by atoms with Gasteiger partial charge in [-0.2, -0.15) is 0 Å². The zero-order valence-corrected chi connectivity index (χ0v) is 11.5. The van der Waals surface area contributed by atoms with Crippen molar-refractivity contribution in [1.29, 1.82) is 0 Å². The average molecular weight is 286 g/mol. The molecule has 106 valence electrons. The maximum Gasteiger partial charge on any atom is 0.329 e. The molecule has 19 heavy (non-hydrogen) atoms. The van der Waals surface area contributed by atoms with E-state index in [9.17, 15) is 19.8 Å². The molecule has 1 aliphatic rings. The summed E-state index contributed by atoms with van der Waals surface area (Å²) in [5, 5.41) is 18.3. The van der Waals surface area contributed by atoms with Crippen LogP contribution in [-0.4, -0.2) is 38.2 Å². The van der Waals surface area contributed by atoms with Gasteiger partial charge in [0.2, 0.25) is 0 Å². The second kappa shape index (κ2) is 5.94. The molecule has 1 aromatic rings. The summed E-state index contributed by atoms with van der Waals surface area (Å²) in [5.41, 5.74) is -0.215. The SMILES string of the molecule is CCc1cn(C2C[C@H](CO)[C@@H](CO)S2)c(=O)[nH]c1=O. The Balaban J connectivity index is 2.33. The standard InChI is InChI=1S/C12H18N2O4S/c1-2-7-4-14(12(18)13-11(7)17)10-3-8(5-15)9(6-16)19-10/h4,8-10,15-16H,2-3,5-6H2,1H3,(H,13,17,18)/t8-,9-,10?/m1/s1. The number of thioether (sulfide) groups is 1. The number of hydrogen-bond acceptors (Lipinski definition) is 5. The minimum atomic E-state index is -0.435. The Morgan fingerprint density at radius 1 is 1.42 bits per heavy atom. The van der Waals surface area contributed by atoms with Gasteiger partial charge >= 0.3 is 5.69 Å². The Morgan fingerprint density at radius 2 is 2.16 bits per heavy atom. The van der Waals surface area contributed by atoms with Gasteiger partial charge in [-0.15, -0.1) is 11.8 Å². The third-order valence-corrected chi connectivity index (χ3v) is 5.13. The molecule has 0 aliphatic carbocycles. The highest BCUT2D eigenvalue weighted by atomic mass is 32.2. The van der Waals surface area contributed by atoms with Crippen molar-refractivity contribution in [2.45, 2.75) is 30.4 Å². The summed E-state index contributed by atoms with van der Waals surface area (Å²) in [6.07, 6.45) is 2.76. The van der Waals surface area contributed by atoms with E-state index in [0.717, 1.165) is 0 Å². The maximum absolute atomic E-state index is 11.9. The van der Waals surface area contributed by atoms with Crippen LogP contribution in [0.2, 0.25) is 0 Å². The van der Waals surface area contributed by atoms with E-state index in [1.165, 1.54) is 16.3 Å². The summed E-state index contributed by atoms with van der Waals surface area (Å²) >= 11 is 1.47. The van der Waals surface area contributed by atoms with Gasteiger partial charge in [0.25, 0.3) is 5.56 Å². The Bertz CT molecular complexity index is 541. The van der Waals surface area contributed by atoms with Crippen molar-refractivity contribution < 1.29 is 10.2 Å². The van der Waals surface area contributed by atoms with Crippen LogP contribution >= 0.6 is 11.8 Å². The molecule has 1 unspecified atom stereocenters. The number of nitrogens with one attached hydrogen (secondary N) is 1. The zero-order chi connectivity index (χ0) is 14.0. The predicted octanol–water partition coefficient (Wildman–Crippen LogP) is -0.296. The molecule has 7 heteroatoms. The highest BCUT2D eigenvalue weighted by Crippen LogP contribution is 2.44. The number of aromatic amines is 1. The molecule has 0 bridgehead atoms. The van der Waals surface area contributed by atoms with Crippen LogP contribution < -0.4 is 11.2 Å². The Hall–Kier alpha value is -1.05. The van der Waals surface area contributed by atoms with Crippen LogP contribution in [0, 0.1) is 5.92 Å². The first kappa shape index (κ1) is 14.4. The minimum Gasteiger partial charge on any atom is -0.396 e. The van der Waals surface area contributed by atoms with E-state index < -0.39 is 5.69 Å². The zero-order valence-electron chi connectivity index (χ0n) is 10.7. The lowest BCUT2D eigenvalue weighted by Crippen LogP contribution is -2.32. The molecule has 2 rings (SSSR count). The van der Waals surface area contributed by atoms with Crippen LogP contribution in [0.5, 0.6) is 0 Å². The number of hydrogen-bond donors (Lipinski definition) is 3. The van der Waals surface area contributed by atoms with Gasteiger partial charge in [0.1, 0.15) is 0 Å². The van der Waals surface area contributed by atoms with E-state index in [1.807, 2.05) is 6.92 Å². The molecule has 0 saturated carbocycles. The van der Waals surface area contributed by atoms with Crippen molar-refractivity contribution in [2.75, 3.05) is 13.2 Å². The second-order valence-corrected chi connectivity index (χ2v) is 6.09. The fourth-order valence-corrected chi connectivity index (χ4v) is 3.89. The van der Waals surface area contributed by atoms with Crippen molar-refractivity contribution >= 4 is 11.8 Å². The van der Waals surface area contributed by atoms with Gasteiger partial charge < -0.3 is 10.2 Å². The van der Waals surface area contributed by atoms with Crippen LogP contribution in [-0.2, 0) is 6.42 Å². The topological polar surface area (TPSA) is 95.3 Å². The summed E-state index contributed by atoms with van der Waals surface area (Å²) in [6, 6.07) is 0. The lowest BCUT2D eigenvalue weighted by molar-refractivity contribution is 0.187.